The van der Waals surface area contributed by atoms with Crippen LogP contribution in [0.1, 0.15) is 0 Å². The highest BCUT2D eigenvalue weighted by atomic mass is 35.5. The summed E-state index contributed by atoms with van der Waals surface area (Å²) in [4.78, 5) is 13.7. The van der Waals surface area contributed by atoms with Crippen molar-refractivity contribution < 1.29 is 0 Å². The Balaban J connectivity index is 2.76. The summed E-state index contributed by atoms with van der Waals surface area (Å²) in [5.74, 6) is 0. The Bertz CT molecular complexity index is 636. The number of pyridine rings is 1. The Hall–Kier alpha value is -0.670. The number of hydrogen-bond donors (Lipinski definition) is 1. The molecule has 0 radical (unpaired) electrons. The van der Waals surface area contributed by atoms with Crippen LogP contribution in [0.25, 0.3) is 11.1 Å². The van der Waals surface area contributed by atoms with Crippen molar-refractivity contribution in [2.24, 2.45) is 0 Å². The van der Waals surface area contributed by atoms with Crippen LogP contribution in [0, 0.1) is 0 Å². The van der Waals surface area contributed by atoms with Crippen molar-refractivity contribution in [3.05, 3.63) is 54.8 Å². The number of aromatic amines is 1. The van der Waals surface area contributed by atoms with Crippen LogP contribution in [0.5, 0.6) is 0 Å². The number of benzene rings is 1. The van der Waals surface area contributed by atoms with Gasteiger partial charge in [-0.05, 0) is 12.1 Å². The summed E-state index contributed by atoms with van der Waals surface area (Å²) >= 11 is 23.9. The van der Waals surface area contributed by atoms with Crippen molar-refractivity contribution in [1.29, 1.82) is 0 Å². The summed E-state index contributed by atoms with van der Waals surface area (Å²) < 4.78 is 0. The van der Waals surface area contributed by atoms with E-state index in [1.807, 2.05) is 0 Å². The number of halogens is 4. The maximum atomic E-state index is 11.3. The molecule has 2 nitrogen and oxygen atoms in total. The van der Waals surface area contributed by atoms with Gasteiger partial charge in [-0.25, -0.2) is 0 Å². The summed E-state index contributed by atoms with van der Waals surface area (Å²) in [5, 5.41) is 1.41. The molecule has 88 valence electrons. The molecule has 2 aromatic rings. The molecule has 1 N–H and O–H groups in total. The van der Waals surface area contributed by atoms with Crippen molar-refractivity contribution in [3.8, 4) is 11.1 Å². The third-order valence-electron chi connectivity index (χ3n) is 2.16. The Morgan fingerprint density at radius 3 is 2.29 bits per heavy atom. The molecule has 17 heavy (non-hydrogen) atoms. The van der Waals surface area contributed by atoms with Crippen LogP contribution >= 0.6 is 46.4 Å². The Morgan fingerprint density at radius 1 is 0.882 bits per heavy atom. The molecule has 0 unspecified atom stereocenters. The predicted octanol–water partition coefficient (Wildman–Crippen LogP) is 4.66. The summed E-state index contributed by atoms with van der Waals surface area (Å²) in [6, 6.07) is 4.47. The van der Waals surface area contributed by atoms with Crippen molar-refractivity contribution in [1.82, 2.24) is 4.98 Å². The highest BCUT2D eigenvalue weighted by Gasteiger charge is 2.12. The van der Waals surface area contributed by atoms with E-state index < -0.39 is 0 Å². The fraction of sp³-hybridized carbons (Fsp3) is 0. The first-order valence-corrected chi connectivity index (χ1v) is 6.03. The van der Waals surface area contributed by atoms with Gasteiger partial charge in [-0.2, -0.15) is 0 Å². The molecule has 2 rings (SSSR count). The van der Waals surface area contributed by atoms with E-state index in [0.29, 0.717) is 31.2 Å². The average molecular weight is 309 g/mol. The quantitative estimate of drug-likeness (QED) is 0.764. The molecule has 0 atom stereocenters. The zero-order chi connectivity index (χ0) is 12.6. The molecular formula is C11H5Cl4NO. The van der Waals surface area contributed by atoms with Crippen LogP contribution in [0.2, 0.25) is 20.1 Å². The van der Waals surface area contributed by atoms with E-state index >= 15 is 0 Å². The van der Waals surface area contributed by atoms with Gasteiger partial charge in [0.05, 0.1) is 15.1 Å². The van der Waals surface area contributed by atoms with Crippen LogP contribution < -0.4 is 5.56 Å². The standard InChI is InChI=1S/C11H5Cl4NO/c12-5-1-7(11(15)8(13)2-5)6-3-10(17)16-4-9(6)14/h1-4H,(H,16,17). The second kappa shape index (κ2) is 4.91. The molecule has 0 aliphatic heterocycles. The third-order valence-corrected chi connectivity index (χ3v) is 3.49. The van der Waals surface area contributed by atoms with E-state index in [4.69, 9.17) is 46.4 Å². The SMILES string of the molecule is O=c1cc(-c2cc(Cl)cc(Cl)c2Cl)c(Cl)c[nH]1. The second-order valence-electron chi connectivity index (χ2n) is 3.31. The fourth-order valence-electron chi connectivity index (χ4n) is 1.41. The molecule has 1 aromatic carbocycles. The van der Waals surface area contributed by atoms with Gasteiger partial charge in [-0.15, -0.1) is 0 Å². The Labute approximate surface area is 117 Å². The number of H-pyrrole nitrogens is 1. The molecule has 0 amide bonds. The smallest absolute Gasteiger partial charge is 0.248 e. The topological polar surface area (TPSA) is 32.9 Å². The number of aromatic nitrogens is 1. The van der Waals surface area contributed by atoms with Crippen LogP contribution in [-0.2, 0) is 0 Å². The monoisotopic (exact) mass is 307 g/mol. The fourth-order valence-corrected chi connectivity index (χ4v) is 2.33. The normalized spacial score (nSPS) is 10.6. The summed E-state index contributed by atoms with van der Waals surface area (Å²) in [6.07, 6.45) is 1.39. The molecule has 0 spiro atoms. The zero-order valence-electron chi connectivity index (χ0n) is 8.23. The lowest BCUT2D eigenvalue weighted by Crippen LogP contribution is -2.03. The van der Waals surface area contributed by atoms with E-state index in [2.05, 4.69) is 4.98 Å². The molecule has 1 aromatic heterocycles. The molecule has 0 fully saturated rings. The van der Waals surface area contributed by atoms with Gasteiger partial charge in [-0.3, -0.25) is 4.79 Å². The van der Waals surface area contributed by atoms with Crippen molar-refractivity contribution in [2.75, 3.05) is 0 Å². The molecule has 1 heterocycles. The summed E-state index contributed by atoms with van der Waals surface area (Å²) in [7, 11) is 0. The third kappa shape index (κ3) is 2.61. The molecule has 0 bridgehead atoms. The maximum absolute atomic E-state index is 11.3. The largest absolute Gasteiger partial charge is 0.328 e. The number of hydrogen-bond acceptors (Lipinski definition) is 1. The average Bonchev–Trinajstić information content (AvgIpc) is 2.27. The van der Waals surface area contributed by atoms with Crippen LogP contribution in [0.4, 0.5) is 0 Å². The lowest BCUT2D eigenvalue weighted by molar-refractivity contribution is 1.24. The molecule has 0 aliphatic carbocycles. The van der Waals surface area contributed by atoms with Crippen molar-refractivity contribution in [2.45, 2.75) is 0 Å². The van der Waals surface area contributed by atoms with Crippen LogP contribution in [-0.4, -0.2) is 4.98 Å². The molecule has 6 heteroatoms. The summed E-state index contributed by atoms with van der Waals surface area (Å²) in [6.45, 7) is 0. The first-order valence-electron chi connectivity index (χ1n) is 4.52. The van der Waals surface area contributed by atoms with Crippen LogP contribution in [0.3, 0.4) is 0 Å². The minimum atomic E-state index is -0.281. The lowest BCUT2D eigenvalue weighted by Gasteiger charge is -2.08. The minimum absolute atomic E-state index is 0.281. The Morgan fingerprint density at radius 2 is 1.59 bits per heavy atom. The van der Waals surface area contributed by atoms with Gasteiger partial charge in [0.1, 0.15) is 0 Å². The molecule has 0 saturated heterocycles. The second-order valence-corrected chi connectivity index (χ2v) is 4.94. The van der Waals surface area contributed by atoms with E-state index in [0.717, 1.165) is 0 Å². The number of nitrogens with one attached hydrogen (secondary N) is 1. The highest BCUT2D eigenvalue weighted by molar-refractivity contribution is 6.45. The molecular weight excluding hydrogens is 304 g/mol. The van der Waals surface area contributed by atoms with E-state index in [9.17, 15) is 4.79 Å². The predicted molar refractivity (Wildman–Crippen MR) is 72.5 cm³/mol. The van der Waals surface area contributed by atoms with Gasteiger partial charge < -0.3 is 4.98 Å². The van der Waals surface area contributed by atoms with E-state index in [1.54, 1.807) is 6.07 Å². The van der Waals surface area contributed by atoms with Crippen LogP contribution in [0.15, 0.2) is 29.2 Å². The van der Waals surface area contributed by atoms with E-state index in [1.165, 1.54) is 18.3 Å². The number of rotatable bonds is 1. The minimum Gasteiger partial charge on any atom is -0.328 e. The van der Waals surface area contributed by atoms with Gasteiger partial charge in [0, 0.05) is 28.4 Å². The Kier molecular flexibility index (Phi) is 3.69. The summed E-state index contributed by atoms with van der Waals surface area (Å²) in [5.41, 5.74) is 0.738. The zero-order valence-corrected chi connectivity index (χ0v) is 11.3. The maximum Gasteiger partial charge on any atom is 0.248 e. The molecule has 0 aliphatic rings. The molecule has 0 saturated carbocycles. The van der Waals surface area contributed by atoms with Gasteiger partial charge >= 0.3 is 0 Å². The first kappa shape index (κ1) is 12.8. The van der Waals surface area contributed by atoms with Gasteiger partial charge in [0.15, 0.2) is 0 Å². The van der Waals surface area contributed by atoms with E-state index in [-0.39, 0.29) is 5.56 Å². The lowest BCUT2D eigenvalue weighted by atomic mass is 10.1. The van der Waals surface area contributed by atoms with Crippen molar-refractivity contribution in [3.63, 3.8) is 0 Å². The van der Waals surface area contributed by atoms with Gasteiger partial charge in [0.2, 0.25) is 5.56 Å². The van der Waals surface area contributed by atoms with Gasteiger partial charge in [0.25, 0.3) is 0 Å². The van der Waals surface area contributed by atoms with Gasteiger partial charge in [-0.1, -0.05) is 46.4 Å². The highest BCUT2D eigenvalue weighted by Crippen LogP contribution is 2.38. The first-order chi connectivity index (χ1) is 7.99. The van der Waals surface area contributed by atoms with Crippen molar-refractivity contribution >= 4 is 46.4 Å².